The van der Waals surface area contributed by atoms with Crippen molar-refractivity contribution in [2.45, 2.75) is 235 Å². The number of carbonyl (C=O) groups excluding carboxylic acids is 14. The predicted octanol–water partition coefficient (Wildman–Crippen LogP) is -4.14. The van der Waals surface area contributed by atoms with Gasteiger partial charge in [-0.1, -0.05) is 96.9 Å². The van der Waals surface area contributed by atoms with Crippen LogP contribution in [0.1, 0.15) is 168 Å². The number of nitrogens with two attached hydrogens (primary N) is 4. The Bertz CT molecular complexity index is 2740. The molecule has 99 heavy (non-hydrogen) atoms. The molecule has 0 spiro atoms. The first-order valence-corrected chi connectivity index (χ1v) is 33.7. The minimum absolute atomic E-state index is 0.0119. The number of nitrogens with zero attached hydrogens (tertiary/aromatic N) is 1. The van der Waals surface area contributed by atoms with Crippen LogP contribution in [0.2, 0.25) is 0 Å². The smallest absolute Gasteiger partial charge is 0.322 e. The van der Waals surface area contributed by atoms with Crippen molar-refractivity contribution in [2.24, 2.45) is 69.4 Å². The average molecular weight is 1410 g/mol. The molecule has 0 aliphatic heterocycles. The summed E-state index contributed by atoms with van der Waals surface area (Å²) < 4.78 is 0. The van der Waals surface area contributed by atoms with Crippen LogP contribution in [0.15, 0.2) is 4.99 Å². The Balaban J connectivity index is 6.20. The van der Waals surface area contributed by atoms with Crippen molar-refractivity contribution in [3.05, 3.63) is 0 Å². The van der Waals surface area contributed by atoms with Crippen molar-refractivity contribution in [1.82, 2.24) is 69.1 Å². The summed E-state index contributed by atoms with van der Waals surface area (Å²) in [4.78, 5) is 203. The van der Waals surface area contributed by atoms with Gasteiger partial charge in [-0.15, -0.1) is 0 Å². The van der Waals surface area contributed by atoms with Gasteiger partial charge in [0.15, 0.2) is 5.96 Å². The lowest BCUT2D eigenvalue weighted by Gasteiger charge is -2.28. The summed E-state index contributed by atoms with van der Waals surface area (Å²) in [5, 5.41) is 51.8. The first-order valence-electron chi connectivity index (χ1n) is 33.7. The van der Waals surface area contributed by atoms with Gasteiger partial charge in [-0.25, -0.2) is 0 Å². The van der Waals surface area contributed by atoms with Crippen molar-refractivity contribution in [1.29, 1.82) is 0 Å². The Morgan fingerprint density at radius 1 is 0.354 bits per heavy atom. The Hall–Kier alpha value is -8.76. The second kappa shape index (κ2) is 46.5. The van der Waals surface area contributed by atoms with Gasteiger partial charge in [-0.3, -0.25) is 76.9 Å². The van der Waals surface area contributed by atoms with E-state index in [0.717, 1.165) is 0 Å². The van der Waals surface area contributed by atoms with Crippen LogP contribution in [0.4, 0.5) is 0 Å². The zero-order valence-electron chi connectivity index (χ0n) is 60.3. The molecule has 0 unspecified atom stereocenters. The number of carboxylic acid groups (broad SMARTS) is 1. The molecule has 14 amide bonds. The quantitative estimate of drug-likeness (QED) is 0.0156. The number of hydrogen-bond donors (Lipinski definition) is 19. The maximum atomic E-state index is 14.1. The lowest BCUT2D eigenvalue weighted by molar-refractivity contribution is -0.139. The number of rotatable bonds is 48. The van der Waals surface area contributed by atoms with E-state index in [9.17, 15) is 77.0 Å². The molecule has 11 atom stereocenters. The van der Waals surface area contributed by atoms with Crippen LogP contribution >= 0.6 is 0 Å². The summed E-state index contributed by atoms with van der Waals surface area (Å²) in [5.74, 6) is -14.5. The summed E-state index contributed by atoms with van der Waals surface area (Å²) in [5.41, 5.74) is 22.3. The molecule has 0 heterocycles. The van der Waals surface area contributed by atoms with Gasteiger partial charge >= 0.3 is 5.97 Å². The fourth-order valence-corrected chi connectivity index (χ4v) is 9.71. The average Bonchev–Trinajstić information content (AvgIpc) is 0.891. The molecule has 23 N–H and O–H groups in total. The van der Waals surface area contributed by atoms with E-state index < -0.39 is 194 Å². The van der Waals surface area contributed by atoms with E-state index in [1.54, 1.807) is 69.2 Å². The number of primary amides is 1. The van der Waals surface area contributed by atoms with E-state index >= 15 is 0 Å². The van der Waals surface area contributed by atoms with Gasteiger partial charge in [-0.2, -0.15) is 0 Å². The second-order valence-corrected chi connectivity index (χ2v) is 27.6. The van der Waals surface area contributed by atoms with Gasteiger partial charge < -0.3 is 102 Å². The third-order valence-corrected chi connectivity index (χ3v) is 14.8. The summed E-state index contributed by atoms with van der Waals surface area (Å²) in [6.07, 6.45) is -0.0874. The van der Waals surface area contributed by atoms with E-state index in [1.165, 1.54) is 6.92 Å². The predicted molar refractivity (Wildman–Crippen MR) is 367 cm³/mol. The van der Waals surface area contributed by atoms with Crippen molar-refractivity contribution in [3.63, 3.8) is 0 Å². The number of guanidine groups is 1. The topological polar surface area (TPSA) is 569 Å². The monoisotopic (exact) mass is 1410 g/mol. The van der Waals surface area contributed by atoms with E-state index in [4.69, 9.17) is 28.0 Å². The molecular formula is C64H116N18O17. The molecule has 0 bridgehead atoms. The Kier molecular flexibility index (Phi) is 42.4. The number of aliphatic imine (C=N–C) groups is 1. The van der Waals surface area contributed by atoms with Gasteiger partial charge in [0, 0.05) is 13.0 Å². The minimum atomic E-state index is -1.75. The first kappa shape index (κ1) is 90.2. The van der Waals surface area contributed by atoms with Crippen molar-refractivity contribution < 1.29 is 82.1 Å². The summed E-state index contributed by atoms with van der Waals surface area (Å²) in [6.45, 7) is 23.0. The van der Waals surface area contributed by atoms with E-state index in [1.807, 2.05) is 27.7 Å². The van der Waals surface area contributed by atoms with Crippen molar-refractivity contribution in [3.8, 4) is 0 Å². The Morgan fingerprint density at radius 3 is 0.970 bits per heavy atom. The summed E-state index contributed by atoms with van der Waals surface area (Å²) >= 11 is 0. The molecule has 0 aliphatic rings. The Labute approximate surface area is 580 Å². The van der Waals surface area contributed by atoms with Crippen LogP contribution in [-0.2, 0) is 71.9 Å². The number of aliphatic hydroxyl groups excluding tert-OH is 1. The highest BCUT2D eigenvalue weighted by Crippen LogP contribution is 2.15. The molecular weight excluding hydrogens is 1290 g/mol. The van der Waals surface area contributed by atoms with E-state index in [0.29, 0.717) is 0 Å². The minimum Gasteiger partial charge on any atom is -0.480 e. The molecule has 0 aliphatic carbocycles. The van der Waals surface area contributed by atoms with Crippen LogP contribution in [-0.4, -0.2) is 204 Å². The van der Waals surface area contributed by atoms with Crippen LogP contribution in [0.3, 0.4) is 0 Å². The number of nitrogens with one attached hydrogen (secondary N) is 13. The third-order valence-electron chi connectivity index (χ3n) is 14.8. The molecule has 0 saturated carbocycles. The largest absolute Gasteiger partial charge is 0.480 e. The van der Waals surface area contributed by atoms with Gasteiger partial charge in [-0.05, 0) is 106 Å². The molecule has 0 aromatic carbocycles. The lowest BCUT2D eigenvalue weighted by atomic mass is 9.98. The molecule has 0 fully saturated rings. The van der Waals surface area contributed by atoms with Crippen LogP contribution in [0.25, 0.3) is 0 Å². The number of aliphatic carboxylic acids is 1. The van der Waals surface area contributed by atoms with E-state index in [-0.39, 0.29) is 105 Å². The molecule has 0 radical (unpaired) electrons. The molecule has 0 aromatic heterocycles. The molecule has 0 rings (SSSR count). The fraction of sp³-hybridized carbons (Fsp3) is 0.750. The van der Waals surface area contributed by atoms with Crippen molar-refractivity contribution in [2.75, 3.05) is 32.8 Å². The molecule has 564 valence electrons. The summed E-state index contributed by atoms with van der Waals surface area (Å²) in [6, 6.07) is -14.2. The van der Waals surface area contributed by atoms with Gasteiger partial charge in [0.05, 0.1) is 25.7 Å². The number of hydrogen-bond acceptors (Lipinski definition) is 18. The highest BCUT2D eigenvalue weighted by molar-refractivity contribution is 5.99. The second-order valence-electron chi connectivity index (χ2n) is 27.6. The van der Waals surface area contributed by atoms with Crippen LogP contribution in [0.5, 0.6) is 0 Å². The zero-order valence-corrected chi connectivity index (χ0v) is 60.3. The Morgan fingerprint density at radius 2 is 0.646 bits per heavy atom. The molecule has 35 heteroatoms. The van der Waals surface area contributed by atoms with Gasteiger partial charge in [0.25, 0.3) is 0 Å². The maximum absolute atomic E-state index is 14.1. The molecule has 0 aromatic rings. The summed E-state index contributed by atoms with van der Waals surface area (Å²) in [7, 11) is 0. The first-order chi connectivity index (χ1) is 46.0. The lowest BCUT2D eigenvalue weighted by Crippen LogP contribution is -2.60. The molecule has 0 saturated heterocycles. The van der Waals surface area contributed by atoms with Gasteiger partial charge in [0.2, 0.25) is 82.7 Å². The van der Waals surface area contributed by atoms with Crippen LogP contribution < -0.4 is 92.1 Å². The highest BCUT2D eigenvalue weighted by atomic mass is 16.4. The fourth-order valence-electron chi connectivity index (χ4n) is 9.71. The normalized spacial score (nSPS) is 14.7. The third kappa shape index (κ3) is 38.8. The maximum Gasteiger partial charge on any atom is 0.322 e. The van der Waals surface area contributed by atoms with E-state index in [2.05, 4.69) is 74.1 Å². The SMILES string of the molecule is CC(C)C[C@H](NC(=O)[C@H](C)NC(=O)CNC(=O)[C@H](CC(C)C)NC(=O)[C@H](CC(C)C)NC(=O)[C@H](CC(C)C)NC(=O)[C@H](CCCN=C(N)N)NC(=O)[C@@H](N)C(C)C)C(=O)NCC(=O)N[C@@H](CCC(N)=O)C(=O)N[C@@H](CO)C(=O)N[C@@H](CC(C)C)C(=O)N[C@@H](CC(C)C)C(=O)NCC(=O)O. The number of aliphatic hydroxyl groups is 1. The standard InChI is InChI=1S/C64H116N18O17/c1-31(2)21-41(54(90)71-28-50(86)74-40(18-19-48(65)84)58(94)82-47(30-83)62(98)81-46(26-36(11)12)60(96)78-43(23-33(5)6)56(92)72-29-51(87)88)76-53(89)38(15)73-49(85)27-70-55(91)42(22-32(3)4)77-59(95)45(25-35(9)10)80-61(97)44(24-34(7)8)79-57(93)39(17-16-20-69-64(67)68)75-63(99)52(66)37(13)14/h31-47,52,83H,16-30,66H2,1-15H3,(H2,65,84)(H,70,91)(H,71,90)(H,72,92)(H,73,85)(H,74,86)(H,75,99)(H,76,89)(H,77,95)(H,78,96)(H,79,93)(H,80,97)(H,81,98)(H,82,94)(H,87,88)(H4,67,68,69)/t38-,39-,40-,41-,42-,43-,44-,45-,46-,47-,52-/m0/s1. The van der Waals surface area contributed by atoms with Gasteiger partial charge in [0.1, 0.15) is 67.0 Å². The zero-order chi connectivity index (χ0) is 76.1. The molecule has 35 nitrogen and oxygen atoms in total. The number of carbonyl (C=O) groups is 15. The highest BCUT2D eigenvalue weighted by Gasteiger charge is 2.36. The van der Waals surface area contributed by atoms with Crippen molar-refractivity contribution >= 4 is 94.6 Å². The number of carboxylic acids is 1. The van der Waals surface area contributed by atoms with Crippen LogP contribution in [0, 0.1) is 41.4 Å². The number of amides is 14.